The lowest BCUT2D eigenvalue weighted by Gasteiger charge is -2.24. The van der Waals surface area contributed by atoms with E-state index >= 15 is 0 Å². The minimum Gasteiger partial charge on any atom is -0.348 e. The largest absolute Gasteiger partial charge is 0.348 e. The topological polar surface area (TPSA) is 78.5 Å². The summed E-state index contributed by atoms with van der Waals surface area (Å²) in [6.45, 7) is 3.98. The van der Waals surface area contributed by atoms with E-state index in [0.29, 0.717) is 5.69 Å². The number of aryl methyl sites for hydroxylation is 1. The van der Waals surface area contributed by atoms with Crippen molar-refractivity contribution in [2.45, 2.75) is 19.9 Å². The normalized spacial score (nSPS) is 15.9. The Morgan fingerprint density at radius 3 is 2.66 bits per heavy atom. The summed E-state index contributed by atoms with van der Waals surface area (Å²) in [4.78, 5) is 38.5. The van der Waals surface area contributed by atoms with Crippen LogP contribution in [-0.2, 0) is 9.59 Å². The average molecular weight is 415 g/mol. The molecule has 2 aromatic carbocycles. The number of benzene rings is 2. The maximum Gasteiger partial charge on any atom is 0.253 e. The van der Waals surface area contributed by atoms with E-state index in [1.54, 1.807) is 6.92 Å². The maximum absolute atomic E-state index is 13.8. The molecular formula is C21H22FN3O3S. The van der Waals surface area contributed by atoms with Crippen molar-refractivity contribution in [3.05, 3.63) is 59.4 Å². The van der Waals surface area contributed by atoms with Crippen molar-refractivity contribution in [3.8, 4) is 0 Å². The molecule has 0 spiro atoms. The first-order chi connectivity index (χ1) is 13.8. The fourth-order valence-electron chi connectivity index (χ4n) is 3.02. The number of amides is 3. The van der Waals surface area contributed by atoms with Gasteiger partial charge in [0.25, 0.3) is 5.91 Å². The van der Waals surface area contributed by atoms with Crippen LogP contribution in [0.4, 0.5) is 15.8 Å². The van der Waals surface area contributed by atoms with Crippen molar-refractivity contribution >= 4 is 40.9 Å². The number of hydrogen-bond acceptors (Lipinski definition) is 4. The van der Waals surface area contributed by atoms with Gasteiger partial charge in [-0.3, -0.25) is 14.4 Å². The van der Waals surface area contributed by atoms with Crippen LogP contribution in [0.5, 0.6) is 0 Å². The van der Waals surface area contributed by atoms with Crippen molar-refractivity contribution in [2.24, 2.45) is 0 Å². The summed E-state index contributed by atoms with van der Waals surface area (Å²) >= 11 is 1.17. The lowest BCUT2D eigenvalue weighted by molar-refractivity contribution is -0.116. The number of carbonyl (C=O) groups is 3. The fraction of sp³-hybridized carbons (Fsp3) is 0.286. The van der Waals surface area contributed by atoms with Gasteiger partial charge in [-0.2, -0.15) is 0 Å². The third-order valence-electron chi connectivity index (χ3n) is 4.42. The summed E-state index contributed by atoms with van der Waals surface area (Å²) in [7, 11) is 0. The van der Waals surface area contributed by atoms with E-state index < -0.39 is 5.82 Å². The van der Waals surface area contributed by atoms with Crippen LogP contribution in [0.1, 0.15) is 22.8 Å². The molecule has 0 saturated heterocycles. The second-order valence-corrected chi connectivity index (χ2v) is 7.93. The molecule has 152 valence electrons. The zero-order valence-electron chi connectivity index (χ0n) is 16.2. The third-order valence-corrected chi connectivity index (χ3v) is 5.34. The van der Waals surface area contributed by atoms with Gasteiger partial charge in [-0.25, -0.2) is 4.39 Å². The Hall–Kier alpha value is -2.87. The summed E-state index contributed by atoms with van der Waals surface area (Å²) in [5, 5.41) is 5.56. The Labute approximate surface area is 172 Å². The van der Waals surface area contributed by atoms with E-state index in [1.807, 2.05) is 31.2 Å². The summed E-state index contributed by atoms with van der Waals surface area (Å²) in [5.74, 6) is -1.21. The van der Waals surface area contributed by atoms with Crippen LogP contribution in [-0.4, -0.2) is 41.8 Å². The van der Waals surface area contributed by atoms with Crippen LogP contribution < -0.4 is 15.5 Å². The molecule has 0 radical (unpaired) electrons. The lowest BCUT2D eigenvalue weighted by atomic mass is 10.1. The Morgan fingerprint density at radius 2 is 1.93 bits per heavy atom. The van der Waals surface area contributed by atoms with E-state index in [9.17, 15) is 18.8 Å². The van der Waals surface area contributed by atoms with Gasteiger partial charge in [0.05, 0.1) is 22.8 Å². The van der Waals surface area contributed by atoms with Crippen LogP contribution in [0, 0.1) is 12.7 Å². The molecule has 3 rings (SSSR count). The van der Waals surface area contributed by atoms with Gasteiger partial charge < -0.3 is 15.5 Å². The maximum atomic E-state index is 13.8. The standard InChI is InChI=1S/C21H22FN3O3S/c1-13-3-6-16(7-4-13)24-19(26)11-29-12-20(27)25-10-14(2)23-21(28)17-8-5-15(22)9-18(17)25/h3-9,14H,10-12H2,1-2H3,(H,23,28)(H,24,26)/t14-/m0/s1. The molecule has 8 heteroatoms. The molecule has 0 fully saturated rings. The second-order valence-electron chi connectivity index (χ2n) is 6.95. The first kappa shape index (κ1) is 20.9. The van der Waals surface area contributed by atoms with Gasteiger partial charge in [-0.1, -0.05) is 17.7 Å². The van der Waals surface area contributed by atoms with Crippen molar-refractivity contribution < 1.29 is 18.8 Å². The first-order valence-corrected chi connectivity index (χ1v) is 10.3. The molecule has 1 heterocycles. The highest BCUT2D eigenvalue weighted by Crippen LogP contribution is 2.26. The van der Waals surface area contributed by atoms with Crippen LogP contribution in [0.3, 0.4) is 0 Å². The molecule has 2 aromatic rings. The molecule has 6 nitrogen and oxygen atoms in total. The molecular weight excluding hydrogens is 393 g/mol. The van der Waals surface area contributed by atoms with Crippen LogP contribution in [0.2, 0.25) is 0 Å². The highest BCUT2D eigenvalue weighted by molar-refractivity contribution is 8.00. The number of nitrogens with one attached hydrogen (secondary N) is 2. The van der Waals surface area contributed by atoms with Gasteiger partial charge in [0.15, 0.2) is 0 Å². The minimum atomic E-state index is -0.519. The number of carbonyl (C=O) groups excluding carboxylic acids is 3. The first-order valence-electron chi connectivity index (χ1n) is 9.18. The minimum absolute atomic E-state index is 0.0399. The average Bonchev–Trinajstić information content (AvgIpc) is 2.79. The van der Waals surface area contributed by atoms with E-state index in [-0.39, 0.29) is 53.1 Å². The van der Waals surface area contributed by atoms with Gasteiger partial charge in [-0.05, 0) is 44.2 Å². The molecule has 29 heavy (non-hydrogen) atoms. The summed E-state index contributed by atoms with van der Waals surface area (Å²) < 4.78 is 13.8. The molecule has 0 saturated carbocycles. The van der Waals surface area contributed by atoms with E-state index in [4.69, 9.17) is 0 Å². The van der Waals surface area contributed by atoms with Gasteiger partial charge in [0, 0.05) is 18.3 Å². The second kappa shape index (κ2) is 9.09. The van der Waals surface area contributed by atoms with Gasteiger partial charge in [0.1, 0.15) is 5.82 Å². The third kappa shape index (κ3) is 5.35. The summed E-state index contributed by atoms with van der Waals surface area (Å²) in [5.41, 5.74) is 2.30. The number of halogens is 1. The Morgan fingerprint density at radius 1 is 1.21 bits per heavy atom. The zero-order valence-corrected chi connectivity index (χ0v) is 17.0. The zero-order chi connectivity index (χ0) is 21.0. The van der Waals surface area contributed by atoms with Crippen LogP contribution >= 0.6 is 11.8 Å². The summed E-state index contributed by atoms with van der Waals surface area (Å²) in [6.07, 6.45) is 0. The number of rotatable bonds is 5. The van der Waals surface area contributed by atoms with Crippen LogP contribution in [0.15, 0.2) is 42.5 Å². The molecule has 2 N–H and O–H groups in total. The van der Waals surface area contributed by atoms with Crippen molar-refractivity contribution in [1.29, 1.82) is 0 Å². The molecule has 0 aromatic heterocycles. The quantitative estimate of drug-likeness (QED) is 0.787. The van der Waals surface area contributed by atoms with E-state index in [1.165, 1.54) is 34.9 Å². The van der Waals surface area contributed by atoms with Gasteiger partial charge in [0.2, 0.25) is 11.8 Å². The Bertz CT molecular complexity index is 933. The number of anilines is 2. The molecule has 3 amide bonds. The lowest BCUT2D eigenvalue weighted by Crippen LogP contribution is -2.41. The smallest absolute Gasteiger partial charge is 0.253 e. The predicted molar refractivity (Wildman–Crippen MR) is 113 cm³/mol. The SMILES string of the molecule is Cc1ccc(NC(=O)CSCC(=O)N2C[C@H](C)NC(=O)c3ccc(F)cc32)cc1. The van der Waals surface area contributed by atoms with Gasteiger partial charge >= 0.3 is 0 Å². The monoisotopic (exact) mass is 415 g/mol. The molecule has 0 bridgehead atoms. The highest BCUT2D eigenvalue weighted by atomic mass is 32.2. The highest BCUT2D eigenvalue weighted by Gasteiger charge is 2.28. The molecule has 0 aliphatic carbocycles. The number of hydrogen-bond donors (Lipinski definition) is 2. The Kier molecular flexibility index (Phi) is 6.53. The van der Waals surface area contributed by atoms with E-state index in [0.717, 1.165) is 5.56 Å². The van der Waals surface area contributed by atoms with Crippen LogP contribution in [0.25, 0.3) is 0 Å². The molecule has 1 atom stereocenters. The molecule has 1 aliphatic heterocycles. The van der Waals surface area contributed by atoms with Gasteiger partial charge in [-0.15, -0.1) is 11.8 Å². The van der Waals surface area contributed by atoms with Crippen molar-refractivity contribution in [2.75, 3.05) is 28.3 Å². The Balaban J connectivity index is 1.61. The van der Waals surface area contributed by atoms with Crippen molar-refractivity contribution in [1.82, 2.24) is 5.32 Å². The van der Waals surface area contributed by atoms with Crippen molar-refractivity contribution in [3.63, 3.8) is 0 Å². The van der Waals surface area contributed by atoms with E-state index in [2.05, 4.69) is 10.6 Å². The fourth-order valence-corrected chi connectivity index (χ4v) is 3.71. The predicted octanol–water partition coefficient (Wildman–Crippen LogP) is 2.97. The molecule has 1 aliphatic rings. The summed E-state index contributed by atoms with van der Waals surface area (Å²) in [6, 6.07) is 10.9. The number of nitrogens with zero attached hydrogens (tertiary/aromatic N) is 1. The molecule has 0 unspecified atom stereocenters. The number of thioether (sulfide) groups is 1. The number of fused-ring (bicyclic) bond motifs is 1.